The fourth-order valence-corrected chi connectivity index (χ4v) is 3.82. The van der Waals surface area contributed by atoms with Gasteiger partial charge < -0.3 is 5.32 Å². The molecule has 1 aliphatic rings. The minimum atomic E-state index is -3.53. The maximum absolute atomic E-state index is 12.3. The first kappa shape index (κ1) is 17.2. The number of likely N-dealkylation sites (tertiary alicyclic amines) is 1. The van der Waals surface area contributed by atoms with Crippen LogP contribution in [0, 0.1) is 0 Å². The molecule has 2 rings (SSSR count). The highest BCUT2D eigenvalue weighted by molar-refractivity contribution is 7.89. The number of hydrogen-bond donors (Lipinski definition) is 2. The monoisotopic (exact) mass is 345 g/mol. The van der Waals surface area contributed by atoms with Crippen molar-refractivity contribution in [2.75, 3.05) is 26.7 Å². The van der Waals surface area contributed by atoms with Crippen LogP contribution in [0.5, 0.6) is 0 Å². The smallest absolute Gasteiger partial charge is 0.240 e. The van der Waals surface area contributed by atoms with Gasteiger partial charge in [-0.1, -0.05) is 11.6 Å². The molecule has 22 heavy (non-hydrogen) atoms. The fraction of sp³-hybridized carbons (Fsp3) is 0.500. The molecule has 122 valence electrons. The van der Waals surface area contributed by atoms with E-state index < -0.39 is 10.0 Å². The third-order valence-electron chi connectivity index (χ3n) is 3.68. The van der Waals surface area contributed by atoms with Crippen LogP contribution in [0.25, 0.3) is 0 Å². The molecule has 0 aromatic heterocycles. The van der Waals surface area contributed by atoms with Gasteiger partial charge in [0.25, 0.3) is 0 Å². The standard InChI is InChI=1S/C14H20ClN3O3S/c1-16-14(19)10-18-8-6-12(7-9-18)17-22(20,21)13-4-2-11(15)3-5-13/h2-5,12,17H,6-10H2,1H3,(H,16,19). The molecule has 8 heteroatoms. The first-order chi connectivity index (χ1) is 10.4. The van der Waals surface area contributed by atoms with Crippen LogP contribution in [0.3, 0.4) is 0 Å². The Bertz CT molecular complexity index is 611. The summed E-state index contributed by atoms with van der Waals surface area (Å²) < 4.78 is 27.3. The quantitative estimate of drug-likeness (QED) is 0.828. The highest BCUT2D eigenvalue weighted by Crippen LogP contribution is 2.17. The van der Waals surface area contributed by atoms with Crippen LogP contribution in [0.1, 0.15) is 12.8 Å². The Kier molecular flexibility index (Phi) is 5.80. The van der Waals surface area contributed by atoms with E-state index in [-0.39, 0.29) is 16.8 Å². The first-order valence-electron chi connectivity index (χ1n) is 7.11. The van der Waals surface area contributed by atoms with Crippen LogP contribution in [-0.4, -0.2) is 51.9 Å². The number of benzene rings is 1. The minimum Gasteiger partial charge on any atom is -0.358 e. The molecule has 1 heterocycles. The number of halogens is 1. The lowest BCUT2D eigenvalue weighted by Crippen LogP contribution is -2.47. The average molecular weight is 346 g/mol. The van der Waals surface area contributed by atoms with Crippen LogP contribution in [-0.2, 0) is 14.8 Å². The van der Waals surface area contributed by atoms with Gasteiger partial charge >= 0.3 is 0 Å². The highest BCUT2D eigenvalue weighted by atomic mass is 35.5. The Morgan fingerprint density at radius 2 is 1.86 bits per heavy atom. The van der Waals surface area contributed by atoms with Gasteiger partial charge in [-0.2, -0.15) is 0 Å². The van der Waals surface area contributed by atoms with E-state index in [0.717, 1.165) is 0 Å². The molecule has 1 saturated heterocycles. The lowest BCUT2D eigenvalue weighted by molar-refractivity contribution is -0.122. The molecular weight excluding hydrogens is 326 g/mol. The number of carbonyl (C=O) groups is 1. The van der Waals surface area contributed by atoms with Gasteiger partial charge in [0.2, 0.25) is 15.9 Å². The largest absolute Gasteiger partial charge is 0.358 e. The molecule has 1 aliphatic heterocycles. The van der Waals surface area contributed by atoms with E-state index in [2.05, 4.69) is 10.0 Å². The fourth-order valence-electron chi connectivity index (χ4n) is 2.39. The third-order valence-corrected chi connectivity index (χ3v) is 5.47. The average Bonchev–Trinajstić information content (AvgIpc) is 2.49. The topological polar surface area (TPSA) is 78.5 Å². The number of hydrogen-bond acceptors (Lipinski definition) is 4. The molecule has 1 aromatic rings. The summed E-state index contributed by atoms with van der Waals surface area (Å²) in [6.07, 6.45) is 1.37. The van der Waals surface area contributed by atoms with Crippen molar-refractivity contribution in [3.63, 3.8) is 0 Å². The Hall–Kier alpha value is -1.15. The summed E-state index contributed by atoms with van der Waals surface area (Å²) in [5, 5.41) is 3.09. The predicted octanol–water partition coefficient (Wildman–Crippen LogP) is 0.829. The number of nitrogens with zero attached hydrogens (tertiary/aromatic N) is 1. The second kappa shape index (κ2) is 7.41. The summed E-state index contributed by atoms with van der Waals surface area (Å²) in [5.41, 5.74) is 0. The summed E-state index contributed by atoms with van der Waals surface area (Å²) in [7, 11) is -1.92. The molecule has 0 saturated carbocycles. The first-order valence-corrected chi connectivity index (χ1v) is 8.97. The second-order valence-electron chi connectivity index (χ2n) is 5.30. The molecule has 0 atom stereocenters. The van der Waals surface area contributed by atoms with E-state index in [1.807, 2.05) is 4.90 Å². The summed E-state index contributed by atoms with van der Waals surface area (Å²) in [6.45, 7) is 1.75. The van der Waals surface area contributed by atoms with Gasteiger partial charge in [0.15, 0.2) is 0 Å². The minimum absolute atomic E-state index is 0.0276. The van der Waals surface area contributed by atoms with Crippen molar-refractivity contribution in [2.24, 2.45) is 0 Å². The van der Waals surface area contributed by atoms with Crippen molar-refractivity contribution in [3.8, 4) is 0 Å². The Labute approximate surface area is 135 Å². The van der Waals surface area contributed by atoms with E-state index in [1.165, 1.54) is 12.1 Å². The molecule has 0 spiro atoms. The van der Waals surface area contributed by atoms with Crippen molar-refractivity contribution in [2.45, 2.75) is 23.8 Å². The molecule has 1 fully saturated rings. The highest BCUT2D eigenvalue weighted by Gasteiger charge is 2.25. The number of amides is 1. The summed E-state index contributed by atoms with van der Waals surface area (Å²) >= 11 is 5.77. The van der Waals surface area contributed by atoms with Crippen molar-refractivity contribution < 1.29 is 13.2 Å². The molecule has 2 N–H and O–H groups in total. The van der Waals surface area contributed by atoms with Crippen molar-refractivity contribution in [3.05, 3.63) is 29.3 Å². The Morgan fingerprint density at radius 1 is 1.27 bits per heavy atom. The maximum Gasteiger partial charge on any atom is 0.240 e. The van der Waals surface area contributed by atoms with Gasteiger partial charge in [0.05, 0.1) is 11.4 Å². The van der Waals surface area contributed by atoms with Crippen molar-refractivity contribution in [1.29, 1.82) is 0 Å². The molecule has 0 unspecified atom stereocenters. The van der Waals surface area contributed by atoms with Crippen molar-refractivity contribution >= 4 is 27.5 Å². The normalized spacial score (nSPS) is 17.4. The van der Waals surface area contributed by atoms with Crippen molar-refractivity contribution in [1.82, 2.24) is 14.9 Å². The number of rotatable bonds is 5. The number of carbonyl (C=O) groups excluding carboxylic acids is 1. The zero-order valence-corrected chi connectivity index (χ0v) is 14.0. The van der Waals surface area contributed by atoms with E-state index >= 15 is 0 Å². The number of sulfonamides is 1. The molecular formula is C14H20ClN3O3S. The molecule has 0 aliphatic carbocycles. The summed E-state index contributed by atoms with van der Waals surface area (Å²) in [5.74, 6) is -0.0276. The van der Waals surface area contributed by atoms with Crippen LogP contribution >= 0.6 is 11.6 Å². The third kappa shape index (κ3) is 4.67. The van der Waals surface area contributed by atoms with Gasteiger partial charge in [-0.05, 0) is 37.1 Å². The number of piperidine rings is 1. The van der Waals surface area contributed by atoms with Gasteiger partial charge in [-0.15, -0.1) is 0 Å². The van der Waals surface area contributed by atoms with E-state index in [9.17, 15) is 13.2 Å². The second-order valence-corrected chi connectivity index (χ2v) is 7.45. The van der Waals surface area contributed by atoms with Gasteiger partial charge in [0, 0.05) is 31.2 Å². The van der Waals surface area contributed by atoms with Gasteiger partial charge in [-0.25, -0.2) is 13.1 Å². The molecule has 1 aromatic carbocycles. The molecule has 0 radical (unpaired) electrons. The summed E-state index contributed by atoms with van der Waals surface area (Å²) in [6, 6.07) is 5.99. The lowest BCUT2D eigenvalue weighted by atomic mass is 10.1. The van der Waals surface area contributed by atoms with Crippen LogP contribution in [0.15, 0.2) is 29.2 Å². The van der Waals surface area contributed by atoms with E-state index in [4.69, 9.17) is 11.6 Å². The lowest BCUT2D eigenvalue weighted by Gasteiger charge is -2.31. The van der Waals surface area contributed by atoms with E-state index in [1.54, 1.807) is 19.2 Å². The molecule has 0 bridgehead atoms. The Morgan fingerprint density at radius 3 is 2.41 bits per heavy atom. The SMILES string of the molecule is CNC(=O)CN1CCC(NS(=O)(=O)c2ccc(Cl)cc2)CC1. The van der Waals surface area contributed by atoms with E-state index in [0.29, 0.717) is 37.5 Å². The van der Waals surface area contributed by atoms with Crippen LogP contribution in [0.2, 0.25) is 5.02 Å². The summed E-state index contributed by atoms with van der Waals surface area (Å²) in [4.78, 5) is 13.6. The predicted molar refractivity (Wildman–Crippen MR) is 85.3 cm³/mol. The number of likely N-dealkylation sites (N-methyl/N-ethyl adjacent to an activating group) is 1. The number of nitrogens with one attached hydrogen (secondary N) is 2. The van der Waals surface area contributed by atoms with Gasteiger partial charge in [0.1, 0.15) is 0 Å². The van der Waals surface area contributed by atoms with Crippen LogP contribution in [0.4, 0.5) is 0 Å². The molecule has 6 nitrogen and oxygen atoms in total. The van der Waals surface area contributed by atoms with Gasteiger partial charge in [-0.3, -0.25) is 9.69 Å². The Balaban J connectivity index is 1.90. The zero-order valence-electron chi connectivity index (χ0n) is 12.4. The molecule has 1 amide bonds. The maximum atomic E-state index is 12.3. The zero-order chi connectivity index (χ0) is 16.2. The van der Waals surface area contributed by atoms with Crippen LogP contribution < -0.4 is 10.0 Å².